The van der Waals surface area contributed by atoms with Crippen LogP contribution in [-0.2, 0) is 9.53 Å². The number of amides is 1. The maximum Gasteiger partial charge on any atom is 0.362 e. The second kappa shape index (κ2) is 10.0. The van der Waals surface area contributed by atoms with E-state index in [9.17, 15) is 14.4 Å². The number of aromatic nitrogens is 2. The molecule has 3 aromatic rings. The van der Waals surface area contributed by atoms with E-state index in [4.69, 9.17) is 9.47 Å². The van der Waals surface area contributed by atoms with Gasteiger partial charge in [0.25, 0.3) is 11.5 Å². The predicted molar refractivity (Wildman–Crippen MR) is 119 cm³/mol. The molecule has 3 rings (SSSR count). The molecule has 8 nitrogen and oxygen atoms in total. The SMILES string of the molecule is CCOC(=O)c1nn(-c2ccc(C)cc2)c(=O)cc1OCC(=O)Nc1ccc(Br)cc1. The minimum atomic E-state index is -0.758. The van der Waals surface area contributed by atoms with E-state index in [2.05, 4.69) is 26.3 Å². The third kappa shape index (κ3) is 5.79. The van der Waals surface area contributed by atoms with Gasteiger partial charge in [0.05, 0.1) is 18.4 Å². The van der Waals surface area contributed by atoms with Crippen LogP contribution in [0.25, 0.3) is 5.69 Å². The Bertz CT molecular complexity index is 1140. The smallest absolute Gasteiger partial charge is 0.362 e. The molecule has 0 aliphatic rings. The Balaban J connectivity index is 1.84. The van der Waals surface area contributed by atoms with Crippen molar-refractivity contribution in [1.29, 1.82) is 0 Å². The molecule has 1 amide bonds. The molecule has 31 heavy (non-hydrogen) atoms. The zero-order chi connectivity index (χ0) is 22.4. The summed E-state index contributed by atoms with van der Waals surface area (Å²) in [7, 11) is 0. The van der Waals surface area contributed by atoms with Gasteiger partial charge in [-0.05, 0) is 50.2 Å². The first-order valence-electron chi connectivity index (χ1n) is 9.44. The lowest BCUT2D eigenvalue weighted by atomic mass is 10.2. The number of nitrogens with zero attached hydrogens (tertiary/aromatic N) is 2. The van der Waals surface area contributed by atoms with E-state index in [0.717, 1.165) is 20.8 Å². The van der Waals surface area contributed by atoms with Crippen LogP contribution in [0.4, 0.5) is 5.69 Å². The van der Waals surface area contributed by atoms with Crippen LogP contribution < -0.4 is 15.6 Å². The van der Waals surface area contributed by atoms with E-state index in [1.54, 1.807) is 43.3 Å². The number of esters is 1. The summed E-state index contributed by atoms with van der Waals surface area (Å²) in [4.78, 5) is 37.2. The highest BCUT2D eigenvalue weighted by Crippen LogP contribution is 2.17. The number of hydrogen-bond donors (Lipinski definition) is 1. The summed E-state index contributed by atoms with van der Waals surface area (Å²) in [6.07, 6.45) is 0. The summed E-state index contributed by atoms with van der Waals surface area (Å²) in [5.41, 5.74) is 1.37. The van der Waals surface area contributed by atoms with E-state index in [1.807, 2.05) is 19.1 Å². The standard InChI is InChI=1S/C22H20BrN3O5/c1-3-30-22(29)21-18(31-13-19(27)24-16-8-6-15(23)7-9-16)12-20(28)26(25-21)17-10-4-14(2)5-11-17/h4-12H,3,13H2,1-2H3,(H,24,27). The van der Waals surface area contributed by atoms with Crippen LogP contribution in [0.3, 0.4) is 0 Å². The molecule has 0 fully saturated rings. The van der Waals surface area contributed by atoms with Crippen molar-refractivity contribution in [2.45, 2.75) is 13.8 Å². The minimum absolute atomic E-state index is 0.119. The summed E-state index contributed by atoms with van der Waals surface area (Å²) in [5, 5.41) is 6.80. The molecule has 0 radical (unpaired) electrons. The molecule has 9 heteroatoms. The van der Waals surface area contributed by atoms with Gasteiger partial charge >= 0.3 is 5.97 Å². The van der Waals surface area contributed by atoms with Crippen LogP contribution in [0.1, 0.15) is 23.0 Å². The molecule has 0 saturated carbocycles. The topological polar surface area (TPSA) is 99.5 Å². The molecule has 160 valence electrons. The molecule has 0 aliphatic heterocycles. The van der Waals surface area contributed by atoms with Crippen molar-refractivity contribution in [1.82, 2.24) is 9.78 Å². The van der Waals surface area contributed by atoms with Gasteiger partial charge in [0.2, 0.25) is 5.69 Å². The van der Waals surface area contributed by atoms with E-state index in [1.165, 1.54) is 0 Å². The zero-order valence-corrected chi connectivity index (χ0v) is 18.5. The Morgan fingerprint density at radius 3 is 2.42 bits per heavy atom. The van der Waals surface area contributed by atoms with Crippen LogP contribution in [0, 0.1) is 6.92 Å². The number of ether oxygens (including phenoxy) is 2. The normalized spacial score (nSPS) is 10.4. The fourth-order valence-corrected chi connectivity index (χ4v) is 2.90. The minimum Gasteiger partial charge on any atom is -0.481 e. The van der Waals surface area contributed by atoms with Gasteiger partial charge in [-0.2, -0.15) is 9.78 Å². The Morgan fingerprint density at radius 2 is 1.77 bits per heavy atom. The first-order valence-corrected chi connectivity index (χ1v) is 10.2. The third-order valence-corrected chi connectivity index (χ3v) is 4.66. The van der Waals surface area contributed by atoms with Gasteiger partial charge < -0.3 is 14.8 Å². The predicted octanol–water partition coefficient (Wildman–Crippen LogP) is 3.50. The van der Waals surface area contributed by atoms with E-state index in [-0.39, 0.29) is 18.1 Å². The van der Waals surface area contributed by atoms with Crippen molar-refractivity contribution >= 4 is 33.5 Å². The summed E-state index contributed by atoms with van der Waals surface area (Å²) in [6, 6.07) is 15.2. The molecule has 2 aromatic carbocycles. The highest BCUT2D eigenvalue weighted by molar-refractivity contribution is 9.10. The quantitative estimate of drug-likeness (QED) is 0.514. The molecule has 1 aromatic heterocycles. The zero-order valence-electron chi connectivity index (χ0n) is 16.9. The number of anilines is 1. The monoisotopic (exact) mass is 485 g/mol. The summed E-state index contributed by atoms with van der Waals surface area (Å²) >= 11 is 3.32. The molecular weight excluding hydrogens is 466 g/mol. The highest BCUT2D eigenvalue weighted by atomic mass is 79.9. The molecule has 0 aliphatic carbocycles. The van der Waals surface area contributed by atoms with Gasteiger partial charge in [0.15, 0.2) is 12.4 Å². The van der Waals surface area contributed by atoms with Gasteiger partial charge in [-0.15, -0.1) is 0 Å². The summed E-state index contributed by atoms with van der Waals surface area (Å²) in [5.74, 6) is -1.34. The van der Waals surface area contributed by atoms with Crippen LogP contribution >= 0.6 is 15.9 Å². The van der Waals surface area contributed by atoms with Crippen LogP contribution in [0.15, 0.2) is 63.9 Å². The number of carbonyl (C=O) groups excluding carboxylic acids is 2. The van der Waals surface area contributed by atoms with Gasteiger partial charge in [0.1, 0.15) is 0 Å². The molecule has 1 N–H and O–H groups in total. The Kier molecular flexibility index (Phi) is 7.19. The number of rotatable bonds is 7. The van der Waals surface area contributed by atoms with Gasteiger partial charge in [-0.1, -0.05) is 33.6 Å². The van der Waals surface area contributed by atoms with Crippen LogP contribution in [-0.4, -0.2) is 34.9 Å². The Hall–Kier alpha value is -3.46. The van der Waals surface area contributed by atoms with Crippen molar-refractivity contribution in [3.05, 3.63) is 80.7 Å². The first-order chi connectivity index (χ1) is 14.9. The molecule has 0 bridgehead atoms. The molecule has 0 spiro atoms. The van der Waals surface area contributed by atoms with E-state index < -0.39 is 24.0 Å². The Morgan fingerprint density at radius 1 is 1.10 bits per heavy atom. The lowest BCUT2D eigenvalue weighted by Crippen LogP contribution is -2.27. The number of benzene rings is 2. The average molecular weight is 486 g/mol. The van der Waals surface area contributed by atoms with E-state index >= 15 is 0 Å². The van der Waals surface area contributed by atoms with E-state index in [0.29, 0.717) is 11.4 Å². The third-order valence-electron chi connectivity index (χ3n) is 4.13. The van der Waals surface area contributed by atoms with Crippen molar-refractivity contribution in [3.63, 3.8) is 0 Å². The molecule has 1 heterocycles. The summed E-state index contributed by atoms with van der Waals surface area (Å²) < 4.78 is 12.4. The van der Waals surface area contributed by atoms with Crippen LogP contribution in [0.2, 0.25) is 0 Å². The van der Waals surface area contributed by atoms with Gasteiger partial charge in [-0.25, -0.2) is 4.79 Å². The van der Waals surface area contributed by atoms with Crippen LogP contribution in [0.5, 0.6) is 5.75 Å². The summed E-state index contributed by atoms with van der Waals surface area (Å²) in [6.45, 7) is 3.27. The number of hydrogen-bond acceptors (Lipinski definition) is 6. The lowest BCUT2D eigenvalue weighted by molar-refractivity contribution is -0.118. The maximum absolute atomic E-state index is 12.6. The highest BCUT2D eigenvalue weighted by Gasteiger charge is 2.20. The number of nitrogens with one attached hydrogen (secondary N) is 1. The number of aryl methyl sites for hydroxylation is 1. The lowest BCUT2D eigenvalue weighted by Gasteiger charge is -2.13. The Labute approximate surface area is 186 Å². The average Bonchev–Trinajstić information content (AvgIpc) is 2.75. The van der Waals surface area contributed by atoms with Crippen molar-refractivity contribution < 1.29 is 19.1 Å². The van der Waals surface area contributed by atoms with Crippen molar-refractivity contribution in [3.8, 4) is 11.4 Å². The first kappa shape index (κ1) is 22.2. The largest absolute Gasteiger partial charge is 0.481 e. The maximum atomic E-state index is 12.6. The molecular formula is C22H20BrN3O5. The number of carbonyl (C=O) groups is 2. The second-order valence-corrected chi connectivity index (χ2v) is 7.42. The van der Waals surface area contributed by atoms with Crippen molar-refractivity contribution in [2.24, 2.45) is 0 Å². The molecule has 0 unspecified atom stereocenters. The molecule has 0 saturated heterocycles. The number of halogens is 1. The second-order valence-electron chi connectivity index (χ2n) is 6.51. The molecule has 0 atom stereocenters. The van der Waals surface area contributed by atoms with Crippen molar-refractivity contribution in [2.75, 3.05) is 18.5 Å². The fraction of sp³-hybridized carbons (Fsp3) is 0.182. The van der Waals surface area contributed by atoms with Gasteiger partial charge in [-0.3, -0.25) is 9.59 Å². The fourth-order valence-electron chi connectivity index (χ4n) is 2.64. The van der Waals surface area contributed by atoms with Gasteiger partial charge in [0, 0.05) is 10.2 Å².